The van der Waals surface area contributed by atoms with Gasteiger partial charge in [0.05, 0.1) is 16.6 Å². The fourth-order valence-corrected chi connectivity index (χ4v) is 3.76. The van der Waals surface area contributed by atoms with Crippen LogP contribution in [0.1, 0.15) is 20.3 Å². The van der Waals surface area contributed by atoms with Crippen LogP contribution in [0.4, 0.5) is 11.4 Å². The van der Waals surface area contributed by atoms with Crippen LogP contribution in [0, 0.1) is 0 Å². The number of carbonyl (C=O) groups excluding carboxylic acids is 1. The standard InChI is InChI=1S/C14H19N3O3S/c1-9(2)21(19,20)16-10-7-13-14(18)15-11-5-3-4-6-12(11)17(13)8-10/h3-6,9-10,13,16H,7-8H2,1-2H3,(H,15,18). The maximum absolute atomic E-state index is 12.2. The number of rotatable bonds is 3. The first-order chi connectivity index (χ1) is 9.88. The van der Waals surface area contributed by atoms with E-state index in [0.717, 1.165) is 11.4 Å². The van der Waals surface area contributed by atoms with Gasteiger partial charge in [0, 0.05) is 12.6 Å². The van der Waals surface area contributed by atoms with Gasteiger partial charge in [-0.3, -0.25) is 4.79 Å². The van der Waals surface area contributed by atoms with Crippen LogP contribution in [-0.2, 0) is 14.8 Å². The van der Waals surface area contributed by atoms with Gasteiger partial charge in [0.1, 0.15) is 6.04 Å². The number of amides is 1. The lowest BCUT2D eigenvalue weighted by atomic mass is 10.1. The van der Waals surface area contributed by atoms with E-state index in [0.29, 0.717) is 13.0 Å². The smallest absolute Gasteiger partial charge is 0.247 e. The van der Waals surface area contributed by atoms with E-state index in [1.165, 1.54) is 0 Å². The lowest BCUT2D eigenvalue weighted by Gasteiger charge is -2.32. The molecule has 0 aliphatic carbocycles. The maximum Gasteiger partial charge on any atom is 0.247 e. The van der Waals surface area contributed by atoms with Crippen LogP contribution in [0.3, 0.4) is 0 Å². The summed E-state index contributed by atoms with van der Waals surface area (Å²) in [4.78, 5) is 14.1. The third-order valence-corrected chi connectivity index (χ3v) is 5.93. The molecular weight excluding hydrogens is 290 g/mol. The molecule has 3 rings (SSSR count). The molecule has 7 heteroatoms. The first-order valence-electron chi connectivity index (χ1n) is 7.06. The van der Waals surface area contributed by atoms with Crippen LogP contribution in [0.2, 0.25) is 0 Å². The second kappa shape index (κ2) is 4.99. The predicted molar refractivity (Wildman–Crippen MR) is 81.8 cm³/mol. The van der Waals surface area contributed by atoms with E-state index in [4.69, 9.17) is 0 Å². The zero-order valence-corrected chi connectivity index (χ0v) is 12.9. The first kappa shape index (κ1) is 14.3. The fourth-order valence-electron chi connectivity index (χ4n) is 2.85. The minimum atomic E-state index is -3.33. The van der Waals surface area contributed by atoms with Crippen molar-refractivity contribution >= 4 is 27.3 Å². The second-order valence-electron chi connectivity index (χ2n) is 5.82. The van der Waals surface area contributed by atoms with Crippen molar-refractivity contribution in [2.45, 2.75) is 37.6 Å². The van der Waals surface area contributed by atoms with Gasteiger partial charge in [-0.2, -0.15) is 0 Å². The molecule has 114 valence electrons. The molecule has 1 aromatic carbocycles. The highest BCUT2D eigenvalue weighted by Crippen LogP contribution is 2.36. The highest BCUT2D eigenvalue weighted by atomic mass is 32.2. The average Bonchev–Trinajstić information content (AvgIpc) is 2.82. The zero-order chi connectivity index (χ0) is 15.2. The number of hydrogen-bond donors (Lipinski definition) is 2. The molecule has 0 bridgehead atoms. The summed E-state index contributed by atoms with van der Waals surface area (Å²) in [5.41, 5.74) is 1.74. The number of fused-ring (bicyclic) bond motifs is 3. The monoisotopic (exact) mass is 309 g/mol. The summed E-state index contributed by atoms with van der Waals surface area (Å²) in [6.45, 7) is 3.81. The molecule has 1 fully saturated rings. The Morgan fingerprint density at radius 2 is 2.05 bits per heavy atom. The Bertz CT molecular complexity index is 672. The van der Waals surface area contributed by atoms with Crippen molar-refractivity contribution in [3.8, 4) is 0 Å². The van der Waals surface area contributed by atoms with E-state index in [9.17, 15) is 13.2 Å². The molecule has 0 radical (unpaired) electrons. The summed E-state index contributed by atoms with van der Waals surface area (Å²) >= 11 is 0. The van der Waals surface area contributed by atoms with Gasteiger partial charge in [0.25, 0.3) is 0 Å². The van der Waals surface area contributed by atoms with Crippen LogP contribution < -0.4 is 14.9 Å². The van der Waals surface area contributed by atoms with Gasteiger partial charge in [0.15, 0.2) is 0 Å². The fraction of sp³-hybridized carbons (Fsp3) is 0.500. The molecule has 0 spiro atoms. The van der Waals surface area contributed by atoms with E-state index >= 15 is 0 Å². The molecule has 2 atom stereocenters. The number of sulfonamides is 1. The highest BCUT2D eigenvalue weighted by molar-refractivity contribution is 7.90. The highest BCUT2D eigenvalue weighted by Gasteiger charge is 2.42. The van der Waals surface area contributed by atoms with Gasteiger partial charge in [-0.25, -0.2) is 13.1 Å². The van der Waals surface area contributed by atoms with E-state index in [1.54, 1.807) is 13.8 Å². The molecule has 2 unspecified atom stereocenters. The SMILES string of the molecule is CC(C)S(=O)(=O)NC1CC2C(=O)Nc3ccccc3N2C1. The molecule has 21 heavy (non-hydrogen) atoms. The van der Waals surface area contributed by atoms with Crippen LogP contribution in [-0.4, -0.2) is 38.2 Å². The molecule has 1 amide bonds. The largest absolute Gasteiger partial charge is 0.356 e. The second-order valence-corrected chi connectivity index (χ2v) is 8.09. The molecule has 1 saturated heterocycles. The number of hydrogen-bond acceptors (Lipinski definition) is 4. The van der Waals surface area contributed by atoms with Gasteiger partial charge in [-0.15, -0.1) is 0 Å². The van der Waals surface area contributed by atoms with Crippen molar-refractivity contribution in [1.29, 1.82) is 0 Å². The van der Waals surface area contributed by atoms with Gasteiger partial charge in [-0.1, -0.05) is 12.1 Å². The molecule has 2 heterocycles. The van der Waals surface area contributed by atoms with Crippen LogP contribution in [0.5, 0.6) is 0 Å². The molecule has 0 saturated carbocycles. The number of benzene rings is 1. The van der Waals surface area contributed by atoms with E-state index in [2.05, 4.69) is 10.0 Å². The summed E-state index contributed by atoms with van der Waals surface area (Å²) in [5, 5.41) is 2.40. The third kappa shape index (κ3) is 2.51. The van der Waals surface area contributed by atoms with Crippen LogP contribution in [0.25, 0.3) is 0 Å². The summed E-state index contributed by atoms with van der Waals surface area (Å²) in [7, 11) is -3.33. The minimum absolute atomic E-state index is 0.0695. The molecule has 6 nitrogen and oxygen atoms in total. The van der Waals surface area contributed by atoms with Crippen LogP contribution >= 0.6 is 0 Å². The van der Waals surface area contributed by atoms with Crippen molar-refractivity contribution in [3.05, 3.63) is 24.3 Å². The van der Waals surface area contributed by atoms with E-state index in [1.807, 2.05) is 29.2 Å². The summed E-state index contributed by atoms with van der Waals surface area (Å²) in [5.74, 6) is -0.0695. The maximum atomic E-state index is 12.2. The predicted octanol–water partition coefficient (Wildman–Crippen LogP) is 0.914. The van der Waals surface area contributed by atoms with Gasteiger partial charge >= 0.3 is 0 Å². The van der Waals surface area contributed by atoms with Crippen molar-refractivity contribution in [1.82, 2.24) is 4.72 Å². The number of para-hydroxylation sites is 2. The van der Waals surface area contributed by atoms with Crippen LogP contribution in [0.15, 0.2) is 24.3 Å². The van der Waals surface area contributed by atoms with Crippen molar-refractivity contribution in [2.24, 2.45) is 0 Å². The normalized spacial score (nSPS) is 24.7. The molecule has 2 aliphatic rings. The van der Waals surface area contributed by atoms with Gasteiger partial charge in [-0.05, 0) is 32.4 Å². The lowest BCUT2D eigenvalue weighted by molar-refractivity contribution is -0.117. The Morgan fingerprint density at radius 3 is 2.76 bits per heavy atom. The van der Waals surface area contributed by atoms with Crippen molar-refractivity contribution in [3.63, 3.8) is 0 Å². The first-order valence-corrected chi connectivity index (χ1v) is 8.61. The van der Waals surface area contributed by atoms with Crippen molar-refractivity contribution < 1.29 is 13.2 Å². The average molecular weight is 309 g/mol. The Hall–Kier alpha value is -1.60. The molecule has 1 aromatic rings. The quantitative estimate of drug-likeness (QED) is 0.870. The Morgan fingerprint density at radius 1 is 1.33 bits per heavy atom. The minimum Gasteiger partial charge on any atom is -0.356 e. The Balaban J connectivity index is 1.84. The van der Waals surface area contributed by atoms with E-state index in [-0.39, 0.29) is 18.0 Å². The zero-order valence-electron chi connectivity index (χ0n) is 12.0. The summed E-state index contributed by atoms with van der Waals surface area (Å²) < 4.78 is 26.7. The summed E-state index contributed by atoms with van der Waals surface area (Å²) in [6.07, 6.45) is 0.492. The van der Waals surface area contributed by atoms with E-state index < -0.39 is 15.3 Å². The topological polar surface area (TPSA) is 78.5 Å². The Kier molecular flexibility index (Phi) is 3.41. The summed E-state index contributed by atoms with van der Waals surface area (Å²) in [6, 6.07) is 7.04. The molecule has 0 aromatic heterocycles. The third-order valence-electron chi connectivity index (χ3n) is 4.03. The van der Waals surface area contributed by atoms with Crippen molar-refractivity contribution in [2.75, 3.05) is 16.8 Å². The van der Waals surface area contributed by atoms with Gasteiger partial charge in [0.2, 0.25) is 15.9 Å². The molecule has 2 aliphatic heterocycles. The number of anilines is 2. The molecule has 2 N–H and O–H groups in total. The number of carbonyl (C=O) groups is 1. The number of nitrogens with zero attached hydrogens (tertiary/aromatic N) is 1. The molecular formula is C14H19N3O3S. The van der Waals surface area contributed by atoms with Gasteiger partial charge < -0.3 is 10.2 Å². The lowest BCUT2D eigenvalue weighted by Crippen LogP contribution is -2.44. The number of nitrogens with one attached hydrogen (secondary N) is 2. The Labute approximate surface area is 124 Å².